The van der Waals surface area contributed by atoms with Crippen LogP contribution in [-0.2, 0) is 16.6 Å². The Morgan fingerprint density at radius 1 is 1.16 bits per heavy atom. The van der Waals surface area contributed by atoms with Gasteiger partial charge in [-0.25, -0.2) is 0 Å². The molecule has 0 unspecified atom stereocenters. The van der Waals surface area contributed by atoms with Gasteiger partial charge in [-0.05, 0) is 37.0 Å². The SMILES string of the molecule is COc1cc(C(=O)NNC(=O)CCCc2nc(C(C)(C)C)no2)ccc1OCCC(C)C. The number of aromatic nitrogens is 2. The number of hydrogen-bond donors (Lipinski definition) is 2. The fourth-order valence-electron chi connectivity index (χ4n) is 2.66. The van der Waals surface area contributed by atoms with Gasteiger partial charge >= 0.3 is 0 Å². The molecule has 0 radical (unpaired) electrons. The van der Waals surface area contributed by atoms with Crippen molar-refractivity contribution in [2.75, 3.05) is 13.7 Å². The Hall–Kier alpha value is -3.10. The zero-order valence-corrected chi connectivity index (χ0v) is 19.8. The van der Waals surface area contributed by atoms with Crippen molar-refractivity contribution in [3.05, 3.63) is 35.5 Å². The number of carbonyl (C=O) groups is 2. The summed E-state index contributed by atoms with van der Waals surface area (Å²) < 4.78 is 16.3. The number of benzene rings is 1. The van der Waals surface area contributed by atoms with Gasteiger partial charge in [0, 0.05) is 23.8 Å². The minimum absolute atomic E-state index is 0.190. The number of rotatable bonds is 10. The lowest BCUT2D eigenvalue weighted by Crippen LogP contribution is -2.41. The third-order valence-electron chi connectivity index (χ3n) is 4.63. The summed E-state index contributed by atoms with van der Waals surface area (Å²) in [5.74, 6) is 1.94. The molecule has 2 amide bonds. The quantitative estimate of drug-likeness (QED) is 0.536. The van der Waals surface area contributed by atoms with Gasteiger partial charge in [0.25, 0.3) is 5.91 Å². The summed E-state index contributed by atoms with van der Waals surface area (Å²) in [4.78, 5) is 28.8. The van der Waals surface area contributed by atoms with Crippen molar-refractivity contribution in [1.29, 1.82) is 0 Å². The van der Waals surface area contributed by atoms with E-state index in [2.05, 4.69) is 34.8 Å². The maximum atomic E-state index is 12.4. The Kier molecular flexibility index (Phi) is 9.04. The molecule has 2 aromatic rings. The van der Waals surface area contributed by atoms with Crippen molar-refractivity contribution in [3.63, 3.8) is 0 Å². The third kappa shape index (κ3) is 7.86. The molecule has 2 rings (SSSR count). The van der Waals surface area contributed by atoms with Crippen LogP contribution in [0.4, 0.5) is 0 Å². The minimum atomic E-state index is -0.447. The molecular formula is C23H34N4O5. The highest BCUT2D eigenvalue weighted by atomic mass is 16.5. The molecule has 0 fully saturated rings. The summed E-state index contributed by atoms with van der Waals surface area (Å²) in [5.41, 5.74) is 4.99. The van der Waals surface area contributed by atoms with Crippen LogP contribution in [0.25, 0.3) is 0 Å². The molecule has 0 saturated heterocycles. The lowest BCUT2D eigenvalue weighted by molar-refractivity contribution is -0.121. The molecule has 2 N–H and O–H groups in total. The van der Waals surface area contributed by atoms with Gasteiger partial charge in [0.2, 0.25) is 11.8 Å². The lowest BCUT2D eigenvalue weighted by atomic mass is 9.96. The van der Waals surface area contributed by atoms with E-state index >= 15 is 0 Å². The summed E-state index contributed by atoms with van der Waals surface area (Å²) in [6.07, 6.45) is 2.13. The van der Waals surface area contributed by atoms with E-state index in [9.17, 15) is 9.59 Å². The normalized spacial score (nSPS) is 11.3. The topological polar surface area (TPSA) is 116 Å². The van der Waals surface area contributed by atoms with Crippen LogP contribution in [0.15, 0.2) is 22.7 Å². The monoisotopic (exact) mass is 446 g/mol. The molecule has 0 saturated carbocycles. The predicted octanol–water partition coefficient (Wildman–Crippen LogP) is 3.58. The fourth-order valence-corrected chi connectivity index (χ4v) is 2.66. The first-order valence-corrected chi connectivity index (χ1v) is 10.8. The van der Waals surface area contributed by atoms with E-state index in [0.717, 1.165) is 6.42 Å². The molecule has 9 nitrogen and oxygen atoms in total. The van der Waals surface area contributed by atoms with Crippen LogP contribution in [0.5, 0.6) is 11.5 Å². The van der Waals surface area contributed by atoms with Gasteiger partial charge in [-0.3, -0.25) is 20.4 Å². The second-order valence-corrected chi connectivity index (χ2v) is 9.01. The fraction of sp³-hybridized carbons (Fsp3) is 0.565. The van der Waals surface area contributed by atoms with Crippen LogP contribution in [0.2, 0.25) is 0 Å². The number of ether oxygens (including phenoxy) is 2. The molecule has 176 valence electrons. The summed E-state index contributed by atoms with van der Waals surface area (Å²) in [5, 5.41) is 3.96. The van der Waals surface area contributed by atoms with E-state index in [1.807, 2.05) is 20.8 Å². The van der Waals surface area contributed by atoms with Crippen molar-refractivity contribution in [2.45, 2.75) is 65.7 Å². The number of methoxy groups -OCH3 is 1. The van der Waals surface area contributed by atoms with Crippen LogP contribution >= 0.6 is 0 Å². The number of amides is 2. The average Bonchev–Trinajstić information content (AvgIpc) is 3.21. The largest absolute Gasteiger partial charge is 0.493 e. The van der Waals surface area contributed by atoms with Crippen molar-refractivity contribution >= 4 is 11.8 Å². The zero-order chi connectivity index (χ0) is 23.7. The van der Waals surface area contributed by atoms with Gasteiger partial charge in [-0.1, -0.05) is 39.8 Å². The summed E-state index contributed by atoms with van der Waals surface area (Å²) in [6, 6.07) is 4.89. The Morgan fingerprint density at radius 3 is 2.53 bits per heavy atom. The van der Waals surface area contributed by atoms with Gasteiger partial charge in [0.15, 0.2) is 17.3 Å². The minimum Gasteiger partial charge on any atom is -0.493 e. The average molecular weight is 447 g/mol. The maximum absolute atomic E-state index is 12.4. The van der Waals surface area contributed by atoms with Gasteiger partial charge in [-0.2, -0.15) is 4.98 Å². The van der Waals surface area contributed by atoms with Crippen molar-refractivity contribution < 1.29 is 23.6 Å². The summed E-state index contributed by atoms with van der Waals surface area (Å²) in [6.45, 7) is 10.8. The molecule has 0 aliphatic rings. The van der Waals surface area contributed by atoms with Crippen molar-refractivity contribution in [1.82, 2.24) is 21.0 Å². The molecule has 1 aromatic heterocycles. The standard InChI is InChI=1S/C23H34N4O5/c1-15(2)12-13-31-17-11-10-16(14-18(17)30-6)21(29)26-25-19(28)8-7-9-20-24-22(27-32-20)23(3,4)5/h10-11,14-15H,7-9,12-13H2,1-6H3,(H,25,28)(H,26,29). The van der Waals surface area contributed by atoms with Gasteiger partial charge in [-0.15, -0.1) is 0 Å². The second kappa shape index (κ2) is 11.5. The maximum Gasteiger partial charge on any atom is 0.269 e. The van der Waals surface area contributed by atoms with Crippen LogP contribution in [0, 0.1) is 5.92 Å². The van der Waals surface area contributed by atoms with Gasteiger partial charge in [0.1, 0.15) is 0 Å². The highest BCUT2D eigenvalue weighted by Crippen LogP contribution is 2.28. The number of hydrazine groups is 1. The van der Waals surface area contributed by atoms with E-state index in [0.29, 0.717) is 54.1 Å². The predicted molar refractivity (Wildman–Crippen MR) is 119 cm³/mol. The number of nitrogens with zero attached hydrogens (tertiary/aromatic N) is 2. The van der Waals surface area contributed by atoms with Crippen molar-refractivity contribution in [3.8, 4) is 11.5 Å². The van der Waals surface area contributed by atoms with Gasteiger partial charge < -0.3 is 14.0 Å². The molecular weight excluding hydrogens is 412 g/mol. The Morgan fingerprint density at radius 2 is 1.91 bits per heavy atom. The summed E-state index contributed by atoms with van der Waals surface area (Å²) >= 11 is 0. The highest BCUT2D eigenvalue weighted by molar-refractivity contribution is 5.96. The number of aryl methyl sites for hydroxylation is 1. The van der Waals surface area contributed by atoms with E-state index in [4.69, 9.17) is 14.0 Å². The number of carbonyl (C=O) groups excluding carboxylic acids is 2. The molecule has 1 aromatic carbocycles. The molecule has 0 bridgehead atoms. The number of hydrogen-bond acceptors (Lipinski definition) is 7. The van der Waals surface area contributed by atoms with Crippen LogP contribution in [0.3, 0.4) is 0 Å². The van der Waals surface area contributed by atoms with Crippen LogP contribution in [-0.4, -0.2) is 35.7 Å². The molecule has 9 heteroatoms. The molecule has 0 spiro atoms. The summed E-state index contributed by atoms with van der Waals surface area (Å²) in [7, 11) is 1.52. The molecule has 0 aliphatic heterocycles. The Labute approximate surface area is 189 Å². The van der Waals surface area contributed by atoms with E-state index in [-0.39, 0.29) is 17.7 Å². The van der Waals surface area contributed by atoms with Crippen LogP contribution < -0.4 is 20.3 Å². The van der Waals surface area contributed by atoms with Crippen molar-refractivity contribution in [2.24, 2.45) is 5.92 Å². The van der Waals surface area contributed by atoms with Crippen LogP contribution in [0.1, 0.15) is 76.0 Å². The Balaban J connectivity index is 1.78. The van der Waals surface area contributed by atoms with Gasteiger partial charge in [0.05, 0.1) is 13.7 Å². The highest BCUT2D eigenvalue weighted by Gasteiger charge is 2.21. The lowest BCUT2D eigenvalue weighted by Gasteiger charge is -2.13. The molecule has 1 heterocycles. The first kappa shape index (κ1) is 25.2. The Bertz CT molecular complexity index is 902. The molecule has 32 heavy (non-hydrogen) atoms. The molecule has 0 atom stereocenters. The smallest absolute Gasteiger partial charge is 0.269 e. The number of nitrogens with one attached hydrogen (secondary N) is 2. The first-order valence-electron chi connectivity index (χ1n) is 10.8. The van der Waals surface area contributed by atoms with E-state index in [1.54, 1.807) is 18.2 Å². The zero-order valence-electron chi connectivity index (χ0n) is 19.8. The third-order valence-corrected chi connectivity index (χ3v) is 4.63. The van der Waals surface area contributed by atoms with E-state index in [1.165, 1.54) is 7.11 Å². The van der Waals surface area contributed by atoms with E-state index < -0.39 is 5.91 Å². The first-order chi connectivity index (χ1) is 15.1. The molecule has 0 aliphatic carbocycles. The second-order valence-electron chi connectivity index (χ2n) is 9.01.